The molecule has 1 aromatic carbocycles. The molecule has 1 aromatic heterocycles. The van der Waals surface area contributed by atoms with E-state index in [1.165, 1.54) is 9.21 Å². The summed E-state index contributed by atoms with van der Waals surface area (Å²) in [5.74, 6) is -0.285. The fraction of sp³-hybridized carbons (Fsp3) is 0.526. The van der Waals surface area contributed by atoms with Crippen LogP contribution >= 0.6 is 0 Å². The second-order valence-corrected chi connectivity index (χ2v) is 10.0. The maximum atomic E-state index is 13.1. The Kier molecular flexibility index (Phi) is 6.04. The molecule has 0 atom stereocenters. The highest BCUT2D eigenvalue weighted by Crippen LogP contribution is 2.26. The van der Waals surface area contributed by atoms with E-state index in [1.54, 1.807) is 50.8 Å². The van der Waals surface area contributed by atoms with E-state index in [4.69, 9.17) is 4.74 Å². The minimum absolute atomic E-state index is 0.178. The number of amides is 2. The van der Waals surface area contributed by atoms with Gasteiger partial charge >= 0.3 is 6.09 Å². The van der Waals surface area contributed by atoms with Crippen LogP contribution < -0.4 is 5.32 Å². The Morgan fingerprint density at radius 3 is 2.47 bits per heavy atom. The van der Waals surface area contributed by atoms with Gasteiger partial charge in [-0.05, 0) is 32.9 Å². The first-order valence-electron chi connectivity index (χ1n) is 9.64. The zero-order chi connectivity index (χ0) is 22.1. The summed E-state index contributed by atoms with van der Waals surface area (Å²) in [6.07, 6.45) is 0.881. The Balaban J connectivity index is 1.61. The zero-order valence-corrected chi connectivity index (χ0v) is 18.4. The van der Waals surface area contributed by atoms with E-state index in [0.717, 1.165) is 5.52 Å². The first kappa shape index (κ1) is 22.0. The molecule has 2 aromatic rings. The Bertz CT molecular complexity index is 1050. The number of aromatic nitrogens is 2. The summed E-state index contributed by atoms with van der Waals surface area (Å²) < 4.78 is 34.4. The number of nitrogens with zero attached hydrogens (tertiary/aromatic N) is 4. The van der Waals surface area contributed by atoms with E-state index in [2.05, 4.69) is 10.4 Å². The highest BCUT2D eigenvalue weighted by atomic mass is 32.2. The molecule has 3 rings (SSSR count). The molecule has 0 unspecified atom stereocenters. The average Bonchev–Trinajstić information content (AvgIpc) is 3.06. The topological polar surface area (TPSA) is 114 Å². The molecule has 10 nitrogen and oxygen atoms in total. The summed E-state index contributed by atoms with van der Waals surface area (Å²) in [4.78, 5) is 25.8. The van der Waals surface area contributed by atoms with Gasteiger partial charge in [-0.3, -0.25) is 9.48 Å². The number of fused-ring (bicyclic) bond motifs is 1. The number of benzene rings is 1. The van der Waals surface area contributed by atoms with Crippen LogP contribution in [0.3, 0.4) is 0 Å². The van der Waals surface area contributed by atoms with Gasteiger partial charge in [0.25, 0.3) is 0 Å². The fourth-order valence-electron chi connectivity index (χ4n) is 3.27. The molecule has 164 valence electrons. The average molecular weight is 438 g/mol. The molecule has 0 saturated carbocycles. The third kappa shape index (κ3) is 4.73. The van der Waals surface area contributed by atoms with Crippen molar-refractivity contribution in [1.82, 2.24) is 24.3 Å². The van der Waals surface area contributed by atoms with E-state index in [-0.39, 0.29) is 43.5 Å². The van der Waals surface area contributed by atoms with Gasteiger partial charge < -0.3 is 15.0 Å². The number of sulfonamides is 1. The molecule has 11 heteroatoms. The number of carbonyl (C=O) groups is 2. The lowest BCUT2D eigenvalue weighted by Crippen LogP contribution is -2.52. The number of hydrogen-bond donors (Lipinski definition) is 1. The van der Waals surface area contributed by atoms with Gasteiger partial charge in [-0.25, -0.2) is 13.2 Å². The van der Waals surface area contributed by atoms with Crippen molar-refractivity contribution in [2.24, 2.45) is 7.05 Å². The fourth-order valence-corrected chi connectivity index (χ4v) is 4.87. The first-order chi connectivity index (χ1) is 14.0. The van der Waals surface area contributed by atoms with E-state index >= 15 is 0 Å². The van der Waals surface area contributed by atoms with E-state index in [9.17, 15) is 18.0 Å². The predicted octanol–water partition coefficient (Wildman–Crippen LogP) is 0.931. The number of alkyl carbamates (subject to hydrolysis) is 1. The Hall–Kier alpha value is -2.66. The molecule has 2 heterocycles. The number of hydrogen-bond acceptors (Lipinski definition) is 6. The summed E-state index contributed by atoms with van der Waals surface area (Å²) in [6, 6.07) is 5.08. The van der Waals surface area contributed by atoms with Crippen LogP contribution in [0.2, 0.25) is 0 Å². The van der Waals surface area contributed by atoms with E-state index in [0.29, 0.717) is 5.39 Å². The van der Waals surface area contributed by atoms with Crippen LogP contribution in [-0.4, -0.2) is 77.7 Å². The van der Waals surface area contributed by atoms with Crippen LogP contribution in [0.15, 0.2) is 29.3 Å². The van der Waals surface area contributed by atoms with Crippen LogP contribution in [-0.2, 0) is 26.6 Å². The van der Waals surface area contributed by atoms with Crippen LogP contribution in [0.25, 0.3) is 10.9 Å². The van der Waals surface area contributed by atoms with Gasteiger partial charge in [0.2, 0.25) is 15.9 Å². The van der Waals surface area contributed by atoms with Crippen LogP contribution in [0, 0.1) is 0 Å². The van der Waals surface area contributed by atoms with Crippen molar-refractivity contribution in [2.45, 2.75) is 31.3 Å². The lowest BCUT2D eigenvalue weighted by molar-refractivity contribution is -0.131. The smallest absolute Gasteiger partial charge is 0.408 e. The molecule has 0 radical (unpaired) electrons. The van der Waals surface area contributed by atoms with Crippen molar-refractivity contribution in [3.63, 3.8) is 0 Å². The van der Waals surface area contributed by atoms with Gasteiger partial charge in [-0.1, -0.05) is 6.07 Å². The maximum absolute atomic E-state index is 13.1. The molecule has 0 bridgehead atoms. The summed E-state index contributed by atoms with van der Waals surface area (Å²) in [5, 5.41) is 7.15. The van der Waals surface area contributed by atoms with Gasteiger partial charge in [-0.2, -0.15) is 9.40 Å². The highest BCUT2D eigenvalue weighted by Gasteiger charge is 2.31. The molecular formula is C19H27N5O5S. The van der Waals surface area contributed by atoms with Crippen LogP contribution in [0.5, 0.6) is 0 Å². The Labute approximate surface area is 175 Å². The minimum Gasteiger partial charge on any atom is -0.444 e. The minimum atomic E-state index is -3.72. The van der Waals surface area contributed by atoms with Crippen molar-refractivity contribution in [3.8, 4) is 0 Å². The monoisotopic (exact) mass is 437 g/mol. The quantitative estimate of drug-likeness (QED) is 0.761. The van der Waals surface area contributed by atoms with Crippen LogP contribution in [0.1, 0.15) is 20.8 Å². The molecule has 0 aliphatic carbocycles. The predicted molar refractivity (Wildman–Crippen MR) is 110 cm³/mol. The summed E-state index contributed by atoms with van der Waals surface area (Å²) in [5.41, 5.74) is 0.0858. The standard InChI is InChI=1S/C19H27N5O5S/c1-19(2,3)29-18(26)20-13-17(25)23-8-10-24(11-9-23)30(27,28)16-7-5-6-15-14(16)12-21-22(15)4/h5-7,12H,8-11,13H2,1-4H3,(H,20,26). The zero-order valence-electron chi connectivity index (χ0n) is 17.6. The number of nitrogens with one attached hydrogen (secondary N) is 1. The first-order valence-corrected chi connectivity index (χ1v) is 11.1. The van der Waals surface area contributed by atoms with Gasteiger partial charge in [-0.15, -0.1) is 0 Å². The van der Waals surface area contributed by atoms with E-state index in [1.807, 2.05) is 6.07 Å². The van der Waals surface area contributed by atoms with E-state index < -0.39 is 21.7 Å². The van der Waals surface area contributed by atoms with Crippen LogP contribution in [0.4, 0.5) is 4.79 Å². The second-order valence-electron chi connectivity index (χ2n) is 8.10. The molecule has 1 aliphatic rings. The molecule has 1 N–H and O–H groups in total. The number of piperazine rings is 1. The normalized spacial score (nSPS) is 15.9. The molecule has 30 heavy (non-hydrogen) atoms. The largest absolute Gasteiger partial charge is 0.444 e. The lowest BCUT2D eigenvalue weighted by Gasteiger charge is -2.34. The van der Waals surface area contributed by atoms with Crippen molar-refractivity contribution in [3.05, 3.63) is 24.4 Å². The van der Waals surface area contributed by atoms with Gasteiger partial charge in [0.15, 0.2) is 0 Å². The second kappa shape index (κ2) is 8.23. The number of carbonyl (C=O) groups excluding carboxylic acids is 2. The molecule has 1 aliphatic heterocycles. The molecule has 1 saturated heterocycles. The molecule has 0 spiro atoms. The summed E-state index contributed by atoms with van der Waals surface area (Å²) in [7, 11) is -1.96. The van der Waals surface area contributed by atoms with Crippen molar-refractivity contribution >= 4 is 32.9 Å². The number of rotatable bonds is 4. The molecule has 2 amide bonds. The van der Waals surface area contributed by atoms with Gasteiger partial charge in [0.05, 0.1) is 16.6 Å². The highest BCUT2D eigenvalue weighted by molar-refractivity contribution is 7.89. The van der Waals surface area contributed by atoms with Gasteiger partial charge in [0, 0.05) is 38.6 Å². The van der Waals surface area contributed by atoms with Gasteiger partial charge in [0.1, 0.15) is 12.1 Å². The van der Waals surface area contributed by atoms with Crippen molar-refractivity contribution in [2.75, 3.05) is 32.7 Å². The third-order valence-corrected chi connectivity index (χ3v) is 6.70. The molecule has 1 fully saturated rings. The Morgan fingerprint density at radius 2 is 1.83 bits per heavy atom. The third-order valence-electron chi connectivity index (χ3n) is 4.74. The van der Waals surface area contributed by atoms with Crippen molar-refractivity contribution < 1.29 is 22.7 Å². The number of aryl methyl sites for hydroxylation is 1. The summed E-state index contributed by atoms with van der Waals surface area (Å²) in [6.45, 7) is 5.86. The maximum Gasteiger partial charge on any atom is 0.408 e. The SMILES string of the molecule is Cn1ncc2c(S(=O)(=O)N3CCN(C(=O)CNC(=O)OC(C)(C)C)CC3)cccc21. The summed E-state index contributed by atoms with van der Waals surface area (Å²) >= 11 is 0. The Morgan fingerprint density at radius 1 is 1.17 bits per heavy atom. The van der Waals surface area contributed by atoms with Crippen molar-refractivity contribution in [1.29, 1.82) is 0 Å². The lowest BCUT2D eigenvalue weighted by atomic mass is 10.2. The number of ether oxygens (including phenoxy) is 1. The molecular weight excluding hydrogens is 410 g/mol.